The van der Waals surface area contributed by atoms with Gasteiger partial charge in [-0.05, 0) is 45.5 Å². The molecule has 1 unspecified atom stereocenters. The fraction of sp³-hybridized carbons (Fsp3) is 0.444. The maximum Gasteiger partial charge on any atom is 0.246 e. The number of nitrogens with one attached hydrogen (secondary N) is 3. The molecule has 0 saturated carbocycles. The van der Waals surface area contributed by atoms with E-state index < -0.39 is 21.6 Å². The minimum Gasteiger partial charge on any atom is -0.324 e. The Bertz CT molecular complexity index is 900. The van der Waals surface area contributed by atoms with Gasteiger partial charge in [0.2, 0.25) is 15.9 Å². The van der Waals surface area contributed by atoms with Crippen LogP contribution in [0.2, 0.25) is 0 Å². The van der Waals surface area contributed by atoms with Gasteiger partial charge in [0.1, 0.15) is 6.04 Å². The van der Waals surface area contributed by atoms with E-state index in [1.165, 1.54) is 0 Å². The molecule has 1 atom stereocenters. The first kappa shape index (κ1) is 21.1. The van der Waals surface area contributed by atoms with Crippen LogP contribution < -0.4 is 15.4 Å². The lowest BCUT2D eigenvalue weighted by atomic mass is 10.1. The maximum absolute atomic E-state index is 12.6. The molecule has 0 aliphatic rings. The summed E-state index contributed by atoms with van der Waals surface area (Å²) in [5, 5.41) is 9.86. The average Bonchev–Trinajstić information content (AvgIpc) is 2.91. The monoisotopic (exact) mass is 393 g/mol. The number of benzene rings is 1. The molecule has 0 aliphatic carbocycles. The highest BCUT2D eigenvalue weighted by Crippen LogP contribution is 2.18. The molecule has 2 rings (SSSR count). The van der Waals surface area contributed by atoms with Crippen LogP contribution >= 0.6 is 0 Å². The lowest BCUT2D eigenvalue weighted by molar-refractivity contribution is -0.118. The largest absolute Gasteiger partial charge is 0.324 e. The zero-order valence-corrected chi connectivity index (χ0v) is 17.1. The van der Waals surface area contributed by atoms with Crippen molar-refractivity contribution in [3.8, 4) is 0 Å². The number of hydrogen-bond donors (Lipinski definition) is 3. The number of aromatic nitrogens is 2. The predicted molar refractivity (Wildman–Crippen MR) is 106 cm³/mol. The van der Waals surface area contributed by atoms with Crippen LogP contribution in [0, 0.1) is 0 Å². The molecule has 3 N–H and O–H groups in total. The smallest absolute Gasteiger partial charge is 0.246 e. The Labute approximate surface area is 160 Å². The normalized spacial score (nSPS) is 13.4. The van der Waals surface area contributed by atoms with E-state index >= 15 is 0 Å². The topological polar surface area (TPSA) is 105 Å². The number of likely N-dealkylation sites (N-methyl/N-ethyl adjacent to an activating group) is 1. The van der Waals surface area contributed by atoms with Gasteiger partial charge in [0.25, 0.3) is 0 Å². The maximum atomic E-state index is 12.6. The highest BCUT2D eigenvalue weighted by atomic mass is 32.2. The minimum absolute atomic E-state index is 0.161. The summed E-state index contributed by atoms with van der Waals surface area (Å²) < 4.78 is 28.8. The van der Waals surface area contributed by atoms with Gasteiger partial charge in [-0.1, -0.05) is 12.1 Å². The summed E-state index contributed by atoms with van der Waals surface area (Å²) >= 11 is 0. The van der Waals surface area contributed by atoms with Crippen LogP contribution in [0.25, 0.3) is 0 Å². The number of aryl methyl sites for hydroxylation is 1. The van der Waals surface area contributed by atoms with Gasteiger partial charge in [-0.25, -0.2) is 13.1 Å². The summed E-state index contributed by atoms with van der Waals surface area (Å²) in [6, 6.07) is 6.26. The van der Waals surface area contributed by atoms with Crippen LogP contribution in [-0.2, 0) is 27.6 Å². The van der Waals surface area contributed by atoms with Crippen LogP contribution in [0.15, 0.2) is 36.7 Å². The lowest BCUT2D eigenvalue weighted by Gasteiger charge is -2.20. The standard InChI is InChI=1S/C18H27N5O3S/c1-18(2,3)22-27(25,26)12-13-7-6-8-15(9-13)21-17(24)16(19-4)14-10-20-23(5)11-14/h6-11,16,19,22H,12H2,1-5H3,(H,21,24). The Morgan fingerprint density at radius 1 is 1.30 bits per heavy atom. The summed E-state index contributed by atoms with van der Waals surface area (Å²) in [4.78, 5) is 12.6. The van der Waals surface area contributed by atoms with Gasteiger partial charge in [-0.3, -0.25) is 9.48 Å². The summed E-state index contributed by atoms with van der Waals surface area (Å²) in [7, 11) is -0.0106. The number of rotatable bonds is 7. The van der Waals surface area contributed by atoms with Crippen molar-refractivity contribution in [1.29, 1.82) is 0 Å². The molecule has 1 amide bonds. The van der Waals surface area contributed by atoms with Crippen LogP contribution in [-0.4, -0.2) is 36.7 Å². The van der Waals surface area contributed by atoms with Gasteiger partial charge in [0.15, 0.2) is 0 Å². The van der Waals surface area contributed by atoms with E-state index in [0.29, 0.717) is 11.3 Å². The zero-order chi connectivity index (χ0) is 20.2. The number of sulfonamides is 1. The van der Waals surface area contributed by atoms with Crippen molar-refractivity contribution in [2.75, 3.05) is 12.4 Å². The van der Waals surface area contributed by atoms with E-state index in [1.54, 1.807) is 76.2 Å². The minimum atomic E-state index is -3.48. The van der Waals surface area contributed by atoms with Gasteiger partial charge in [-0.15, -0.1) is 0 Å². The van der Waals surface area contributed by atoms with Crippen molar-refractivity contribution in [2.24, 2.45) is 7.05 Å². The molecule has 0 aliphatic heterocycles. The van der Waals surface area contributed by atoms with Gasteiger partial charge in [0, 0.05) is 30.0 Å². The van der Waals surface area contributed by atoms with Crippen molar-refractivity contribution in [3.63, 3.8) is 0 Å². The van der Waals surface area contributed by atoms with E-state index in [-0.39, 0.29) is 11.7 Å². The number of amides is 1. The molecule has 9 heteroatoms. The molecule has 0 spiro atoms. The first-order valence-electron chi connectivity index (χ1n) is 8.56. The Balaban J connectivity index is 2.12. The summed E-state index contributed by atoms with van der Waals surface area (Å²) in [6.45, 7) is 5.37. The van der Waals surface area contributed by atoms with Crippen molar-refractivity contribution in [2.45, 2.75) is 38.1 Å². The first-order valence-corrected chi connectivity index (χ1v) is 10.2. The van der Waals surface area contributed by atoms with Crippen LogP contribution in [0.5, 0.6) is 0 Å². The molecule has 0 bridgehead atoms. The Morgan fingerprint density at radius 2 is 2.00 bits per heavy atom. The lowest BCUT2D eigenvalue weighted by Crippen LogP contribution is -2.41. The molecule has 0 radical (unpaired) electrons. The molecular formula is C18H27N5O3S. The van der Waals surface area contributed by atoms with Gasteiger partial charge in [-0.2, -0.15) is 5.10 Å². The molecular weight excluding hydrogens is 366 g/mol. The zero-order valence-electron chi connectivity index (χ0n) is 16.3. The van der Waals surface area contributed by atoms with E-state index in [0.717, 1.165) is 5.56 Å². The molecule has 0 fully saturated rings. The SMILES string of the molecule is CNC(C(=O)Nc1cccc(CS(=O)(=O)NC(C)(C)C)c1)c1cnn(C)c1. The third-order valence-electron chi connectivity index (χ3n) is 3.62. The quantitative estimate of drug-likeness (QED) is 0.662. The average molecular weight is 394 g/mol. The van der Waals surface area contributed by atoms with E-state index in [9.17, 15) is 13.2 Å². The third-order valence-corrected chi connectivity index (χ3v) is 5.26. The molecule has 27 heavy (non-hydrogen) atoms. The fourth-order valence-corrected chi connectivity index (χ4v) is 4.34. The van der Waals surface area contributed by atoms with Gasteiger partial charge < -0.3 is 10.6 Å². The second-order valence-corrected chi connectivity index (χ2v) is 9.19. The summed E-state index contributed by atoms with van der Waals surface area (Å²) in [6.07, 6.45) is 3.39. The number of carbonyl (C=O) groups is 1. The number of hydrogen-bond acceptors (Lipinski definition) is 5. The van der Waals surface area contributed by atoms with E-state index in [4.69, 9.17) is 0 Å². The van der Waals surface area contributed by atoms with Crippen molar-refractivity contribution in [1.82, 2.24) is 19.8 Å². The Kier molecular flexibility index (Phi) is 6.40. The predicted octanol–water partition coefficient (Wildman–Crippen LogP) is 1.54. The molecule has 8 nitrogen and oxygen atoms in total. The van der Waals surface area contributed by atoms with Crippen molar-refractivity contribution < 1.29 is 13.2 Å². The summed E-state index contributed by atoms with van der Waals surface area (Å²) in [5.41, 5.74) is 1.32. The third kappa shape index (κ3) is 6.46. The van der Waals surface area contributed by atoms with Crippen LogP contribution in [0.1, 0.15) is 37.9 Å². The number of nitrogens with zero attached hydrogens (tertiary/aromatic N) is 2. The van der Waals surface area contributed by atoms with E-state index in [1.807, 2.05) is 0 Å². The highest BCUT2D eigenvalue weighted by molar-refractivity contribution is 7.88. The second kappa shape index (κ2) is 8.20. The van der Waals surface area contributed by atoms with E-state index in [2.05, 4.69) is 20.5 Å². The highest BCUT2D eigenvalue weighted by Gasteiger charge is 2.22. The molecule has 2 aromatic rings. The molecule has 1 heterocycles. The number of carbonyl (C=O) groups excluding carboxylic acids is 1. The molecule has 148 valence electrons. The Morgan fingerprint density at radius 3 is 2.56 bits per heavy atom. The van der Waals surface area contributed by atoms with Crippen LogP contribution in [0.4, 0.5) is 5.69 Å². The van der Waals surface area contributed by atoms with Gasteiger partial charge in [0.05, 0.1) is 11.9 Å². The van der Waals surface area contributed by atoms with Crippen molar-refractivity contribution in [3.05, 3.63) is 47.8 Å². The Hall–Kier alpha value is -2.23. The van der Waals surface area contributed by atoms with Crippen LogP contribution in [0.3, 0.4) is 0 Å². The summed E-state index contributed by atoms with van der Waals surface area (Å²) in [5.74, 6) is -0.412. The van der Waals surface area contributed by atoms with Crippen molar-refractivity contribution >= 4 is 21.6 Å². The molecule has 0 saturated heterocycles. The fourth-order valence-electron chi connectivity index (χ4n) is 2.71. The second-order valence-electron chi connectivity index (χ2n) is 7.47. The first-order chi connectivity index (χ1) is 12.5. The molecule has 1 aromatic heterocycles. The molecule has 1 aromatic carbocycles. The number of anilines is 1. The van der Waals surface area contributed by atoms with Gasteiger partial charge >= 0.3 is 0 Å².